The molecule has 2 aliphatic rings. The normalized spacial score (nSPS) is 18.0. The summed E-state index contributed by atoms with van der Waals surface area (Å²) in [6, 6.07) is 7.25. The highest BCUT2D eigenvalue weighted by Gasteiger charge is 2.25. The lowest BCUT2D eigenvalue weighted by molar-refractivity contribution is 0.00844. The average Bonchev–Trinajstić information content (AvgIpc) is 2.69. The monoisotopic (exact) mass is 396 g/mol. The van der Waals surface area contributed by atoms with Gasteiger partial charge in [0.15, 0.2) is 0 Å². The summed E-state index contributed by atoms with van der Waals surface area (Å²) in [5, 5.41) is 2.84. The van der Waals surface area contributed by atoms with Crippen LogP contribution in [0.15, 0.2) is 24.3 Å². The predicted molar refractivity (Wildman–Crippen MR) is 108 cm³/mol. The maximum Gasteiger partial charge on any atom is 0.321 e. The third-order valence-electron chi connectivity index (χ3n) is 4.92. The molecule has 0 aromatic heterocycles. The van der Waals surface area contributed by atoms with Crippen molar-refractivity contribution in [3.05, 3.63) is 29.8 Å². The number of hydrogen-bond acceptors (Lipinski definition) is 4. The molecule has 0 saturated carbocycles. The maximum absolute atomic E-state index is 12.8. The topological polar surface area (TPSA) is 87.9 Å². The summed E-state index contributed by atoms with van der Waals surface area (Å²) in [7, 11) is 0. The van der Waals surface area contributed by atoms with Crippen LogP contribution in [0.3, 0.4) is 0 Å². The zero-order valence-electron chi connectivity index (χ0n) is 15.6. The number of ether oxygens (including phenoxy) is 1. The highest BCUT2D eigenvalue weighted by Crippen LogP contribution is 2.21. The van der Waals surface area contributed by atoms with E-state index in [0.29, 0.717) is 44.9 Å². The maximum atomic E-state index is 12.8. The Labute approximate surface area is 166 Å². The van der Waals surface area contributed by atoms with Crippen molar-refractivity contribution in [3.8, 4) is 0 Å². The second-order valence-corrected chi connectivity index (χ2v) is 6.79. The van der Waals surface area contributed by atoms with Crippen molar-refractivity contribution in [1.29, 1.82) is 0 Å². The summed E-state index contributed by atoms with van der Waals surface area (Å²) in [6.07, 6.45) is 3.70. The summed E-state index contributed by atoms with van der Waals surface area (Å²) in [4.78, 5) is 28.4. The van der Waals surface area contributed by atoms with Crippen LogP contribution >= 0.6 is 12.4 Å². The first kappa shape index (κ1) is 21.5. The van der Waals surface area contributed by atoms with Gasteiger partial charge in [0.05, 0.1) is 6.10 Å². The molecule has 3 N–H and O–H groups in total. The number of nitrogens with zero attached hydrogens (tertiary/aromatic N) is 2. The largest absolute Gasteiger partial charge is 0.378 e. The predicted octanol–water partition coefficient (Wildman–Crippen LogP) is 2.00. The Bertz CT molecular complexity index is 635. The van der Waals surface area contributed by atoms with Gasteiger partial charge in [-0.1, -0.05) is 6.07 Å². The van der Waals surface area contributed by atoms with Gasteiger partial charge in [0.25, 0.3) is 5.91 Å². The molecule has 150 valence electrons. The van der Waals surface area contributed by atoms with Gasteiger partial charge in [0.2, 0.25) is 0 Å². The van der Waals surface area contributed by atoms with E-state index < -0.39 is 0 Å². The summed E-state index contributed by atoms with van der Waals surface area (Å²) < 4.78 is 5.80. The molecule has 0 unspecified atom stereocenters. The number of hydrogen-bond donors (Lipinski definition) is 2. The van der Waals surface area contributed by atoms with Crippen LogP contribution in [0, 0.1) is 0 Å². The Balaban J connectivity index is 0.00000261. The van der Waals surface area contributed by atoms with Crippen LogP contribution in [0.2, 0.25) is 0 Å². The molecule has 1 aromatic carbocycles. The van der Waals surface area contributed by atoms with Gasteiger partial charge in [-0.15, -0.1) is 12.4 Å². The van der Waals surface area contributed by atoms with Gasteiger partial charge in [-0.2, -0.15) is 0 Å². The van der Waals surface area contributed by atoms with Gasteiger partial charge in [0, 0.05) is 44.0 Å². The van der Waals surface area contributed by atoms with E-state index in [1.165, 1.54) is 0 Å². The van der Waals surface area contributed by atoms with Gasteiger partial charge in [-0.05, 0) is 50.4 Å². The van der Waals surface area contributed by atoms with E-state index in [2.05, 4.69) is 5.32 Å². The van der Waals surface area contributed by atoms with E-state index >= 15 is 0 Å². The fourth-order valence-corrected chi connectivity index (χ4v) is 3.42. The fourth-order valence-electron chi connectivity index (χ4n) is 3.42. The van der Waals surface area contributed by atoms with Crippen molar-refractivity contribution >= 4 is 30.0 Å². The number of likely N-dealkylation sites (tertiary alicyclic amines) is 1. The fraction of sp³-hybridized carbons (Fsp3) is 0.579. The van der Waals surface area contributed by atoms with Gasteiger partial charge < -0.3 is 20.7 Å². The van der Waals surface area contributed by atoms with Gasteiger partial charge in [-0.3, -0.25) is 9.69 Å². The van der Waals surface area contributed by atoms with E-state index in [0.717, 1.165) is 31.4 Å². The number of carbonyl (C=O) groups is 2. The first-order valence-electron chi connectivity index (χ1n) is 9.45. The Morgan fingerprint density at radius 1 is 1.26 bits per heavy atom. The molecule has 0 radical (unpaired) electrons. The smallest absolute Gasteiger partial charge is 0.321 e. The van der Waals surface area contributed by atoms with Crippen molar-refractivity contribution in [1.82, 2.24) is 10.2 Å². The standard InChI is InChI=1S/C19H28N4O3.ClH/c20-8-2-13-26-17-6-11-22(12-7-17)18(24)15-4-1-5-16(14-15)23-10-3-9-21-19(23)25;/h1,4-5,14,17H,2-3,6-13,20H2,(H,21,25);1H. The molecule has 2 aliphatic heterocycles. The van der Waals surface area contributed by atoms with E-state index in [9.17, 15) is 9.59 Å². The van der Waals surface area contributed by atoms with E-state index in [1.807, 2.05) is 29.2 Å². The van der Waals surface area contributed by atoms with Crippen molar-refractivity contribution in [2.75, 3.05) is 44.2 Å². The second-order valence-electron chi connectivity index (χ2n) is 6.79. The van der Waals surface area contributed by atoms with Crippen molar-refractivity contribution < 1.29 is 14.3 Å². The molecule has 8 heteroatoms. The highest BCUT2D eigenvalue weighted by molar-refractivity contribution is 5.98. The van der Waals surface area contributed by atoms with E-state index in [4.69, 9.17) is 10.5 Å². The highest BCUT2D eigenvalue weighted by atomic mass is 35.5. The molecule has 2 fully saturated rings. The lowest BCUT2D eigenvalue weighted by Crippen LogP contribution is -2.46. The molecule has 0 aliphatic carbocycles. The first-order valence-corrected chi connectivity index (χ1v) is 9.45. The first-order chi connectivity index (χ1) is 12.7. The molecular formula is C19H29ClN4O3. The number of halogens is 1. The van der Waals surface area contributed by atoms with Crippen LogP contribution in [-0.4, -0.2) is 62.3 Å². The SMILES string of the molecule is Cl.NCCCOC1CCN(C(=O)c2cccc(N3CCCNC3=O)c2)CC1. The van der Waals surface area contributed by atoms with Gasteiger partial charge in [0.1, 0.15) is 0 Å². The molecule has 0 atom stereocenters. The Morgan fingerprint density at radius 2 is 2.04 bits per heavy atom. The number of nitrogens with one attached hydrogen (secondary N) is 1. The number of nitrogens with two attached hydrogens (primary N) is 1. The molecular weight excluding hydrogens is 368 g/mol. The van der Waals surface area contributed by atoms with Gasteiger partial charge in [-0.25, -0.2) is 4.79 Å². The number of rotatable bonds is 6. The third kappa shape index (κ3) is 5.57. The van der Waals surface area contributed by atoms with Crippen LogP contribution in [-0.2, 0) is 4.74 Å². The Hall–Kier alpha value is -1.83. The number of urea groups is 1. The summed E-state index contributed by atoms with van der Waals surface area (Å²) in [6.45, 7) is 4.10. The van der Waals surface area contributed by atoms with Gasteiger partial charge >= 0.3 is 6.03 Å². The van der Waals surface area contributed by atoms with Crippen LogP contribution in [0.5, 0.6) is 0 Å². The molecule has 1 aromatic rings. The lowest BCUT2D eigenvalue weighted by atomic mass is 10.1. The summed E-state index contributed by atoms with van der Waals surface area (Å²) >= 11 is 0. The second kappa shape index (κ2) is 10.5. The molecule has 2 saturated heterocycles. The number of benzene rings is 1. The van der Waals surface area contributed by atoms with Crippen LogP contribution in [0.1, 0.15) is 36.0 Å². The van der Waals surface area contributed by atoms with Crippen molar-refractivity contribution in [3.63, 3.8) is 0 Å². The van der Waals surface area contributed by atoms with Crippen molar-refractivity contribution in [2.45, 2.75) is 31.8 Å². The molecule has 3 rings (SSSR count). The third-order valence-corrected chi connectivity index (χ3v) is 4.92. The Kier molecular flexibility index (Phi) is 8.34. The quantitative estimate of drug-likeness (QED) is 0.720. The molecule has 7 nitrogen and oxygen atoms in total. The molecule has 0 bridgehead atoms. The minimum absolute atomic E-state index is 0. The summed E-state index contributed by atoms with van der Waals surface area (Å²) in [5.41, 5.74) is 6.88. The number of anilines is 1. The number of piperidine rings is 1. The zero-order chi connectivity index (χ0) is 18.4. The molecule has 27 heavy (non-hydrogen) atoms. The lowest BCUT2D eigenvalue weighted by Gasteiger charge is -2.32. The molecule has 0 spiro atoms. The van der Waals surface area contributed by atoms with Crippen LogP contribution < -0.4 is 16.0 Å². The Morgan fingerprint density at radius 3 is 2.74 bits per heavy atom. The number of amides is 3. The molecule has 2 heterocycles. The molecule has 3 amide bonds. The van der Waals surface area contributed by atoms with Crippen molar-refractivity contribution in [2.24, 2.45) is 5.73 Å². The zero-order valence-corrected chi connectivity index (χ0v) is 16.4. The minimum atomic E-state index is -0.101. The van der Waals surface area contributed by atoms with E-state index in [1.54, 1.807) is 4.90 Å². The van der Waals surface area contributed by atoms with Crippen LogP contribution in [0.25, 0.3) is 0 Å². The van der Waals surface area contributed by atoms with Crippen LogP contribution in [0.4, 0.5) is 10.5 Å². The average molecular weight is 397 g/mol. The van der Waals surface area contributed by atoms with E-state index in [-0.39, 0.29) is 30.4 Å². The minimum Gasteiger partial charge on any atom is -0.378 e. The number of carbonyl (C=O) groups excluding carboxylic acids is 2. The summed E-state index contributed by atoms with van der Waals surface area (Å²) in [5.74, 6) is 0.0182.